The van der Waals surface area contributed by atoms with Gasteiger partial charge in [-0.2, -0.15) is 0 Å². The number of nitrogens with zero attached hydrogens (tertiary/aromatic N) is 1. The minimum Gasteiger partial charge on any atom is -0.497 e. The van der Waals surface area contributed by atoms with Crippen LogP contribution in [0.4, 0.5) is 0 Å². The molecule has 7 rings (SSSR count). The van der Waals surface area contributed by atoms with Crippen molar-refractivity contribution in [3.05, 3.63) is 161 Å². The zero-order chi connectivity index (χ0) is 33.9. The molecule has 0 saturated heterocycles. The fourth-order valence-corrected chi connectivity index (χ4v) is 5.85. The van der Waals surface area contributed by atoms with Gasteiger partial charge in [0.1, 0.15) is 23.0 Å². The highest BCUT2D eigenvalue weighted by atomic mass is 16.5. The second kappa shape index (κ2) is 13.2. The number of aromatic nitrogens is 2. The lowest BCUT2D eigenvalue weighted by atomic mass is 10.0. The molecule has 0 spiro atoms. The van der Waals surface area contributed by atoms with E-state index in [0.29, 0.717) is 28.4 Å². The van der Waals surface area contributed by atoms with Crippen molar-refractivity contribution in [2.24, 2.45) is 4.99 Å². The van der Waals surface area contributed by atoms with Gasteiger partial charge in [0, 0.05) is 34.2 Å². The molecule has 3 N–H and O–H groups in total. The van der Waals surface area contributed by atoms with E-state index >= 15 is 0 Å². The second-order valence-corrected chi connectivity index (χ2v) is 11.3. The van der Waals surface area contributed by atoms with E-state index in [0.717, 1.165) is 56.5 Å². The maximum atomic E-state index is 13.4. The Kier molecular flexibility index (Phi) is 8.39. The topological polar surface area (TPSA) is 118 Å². The number of aromatic amines is 2. The van der Waals surface area contributed by atoms with Gasteiger partial charge in [0.25, 0.3) is 0 Å². The summed E-state index contributed by atoms with van der Waals surface area (Å²) in [4.78, 5) is 37.4. The van der Waals surface area contributed by atoms with E-state index in [-0.39, 0.29) is 11.7 Å². The largest absolute Gasteiger partial charge is 0.497 e. The van der Waals surface area contributed by atoms with Crippen LogP contribution < -0.4 is 19.5 Å². The number of methoxy groups -OCH3 is 3. The third-order valence-corrected chi connectivity index (χ3v) is 8.37. The average molecular weight is 649 g/mol. The van der Waals surface area contributed by atoms with Crippen molar-refractivity contribution in [1.29, 1.82) is 0 Å². The number of hydrogen-bond acceptors (Lipinski definition) is 6. The number of carbonyl (C=O) groups is 2. The molecular formula is C40H32N4O5. The maximum Gasteiger partial charge on any atom is 0.248 e. The molecular weight excluding hydrogens is 616 g/mol. The van der Waals surface area contributed by atoms with Gasteiger partial charge in [0.15, 0.2) is 0 Å². The molecule has 5 aromatic rings. The second-order valence-electron chi connectivity index (χ2n) is 11.3. The zero-order valence-corrected chi connectivity index (χ0v) is 27.0. The number of benzene rings is 3. The Morgan fingerprint density at radius 2 is 1.04 bits per heavy atom. The Bertz CT molecular complexity index is 2210. The normalized spacial score (nSPS) is 15.6. The highest BCUT2D eigenvalue weighted by Gasteiger charge is 2.22. The van der Waals surface area contributed by atoms with Crippen LogP contribution in [0.2, 0.25) is 0 Å². The van der Waals surface area contributed by atoms with Crippen molar-refractivity contribution < 1.29 is 23.8 Å². The zero-order valence-electron chi connectivity index (χ0n) is 27.0. The van der Waals surface area contributed by atoms with Gasteiger partial charge < -0.3 is 29.5 Å². The summed E-state index contributed by atoms with van der Waals surface area (Å²) >= 11 is 0. The fourth-order valence-electron chi connectivity index (χ4n) is 5.85. The van der Waals surface area contributed by atoms with Crippen molar-refractivity contribution in [2.75, 3.05) is 21.3 Å². The predicted octanol–water partition coefficient (Wildman–Crippen LogP) is 7.13. The van der Waals surface area contributed by atoms with Gasteiger partial charge in [-0.05, 0) is 102 Å². The molecule has 0 radical (unpaired) electrons. The molecule has 0 bridgehead atoms. The van der Waals surface area contributed by atoms with Crippen molar-refractivity contribution >= 4 is 28.5 Å². The van der Waals surface area contributed by atoms with Gasteiger partial charge in [0.2, 0.25) is 11.7 Å². The molecule has 9 heteroatoms. The van der Waals surface area contributed by atoms with Gasteiger partial charge in [0.05, 0.1) is 44.1 Å². The quantitative estimate of drug-likeness (QED) is 0.139. The Hall–Kier alpha value is -6.61. The van der Waals surface area contributed by atoms with Crippen LogP contribution in [0.25, 0.3) is 22.5 Å². The first-order valence-electron chi connectivity index (χ1n) is 15.5. The van der Waals surface area contributed by atoms with Crippen molar-refractivity contribution in [1.82, 2.24) is 15.3 Å². The van der Waals surface area contributed by atoms with E-state index < -0.39 is 0 Å². The van der Waals surface area contributed by atoms with Crippen LogP contribution in [0.5, 0.6) is 17.2 Å². The number of H-pyrrole nitrogens is 2. The van der Waals surface area contributed by atoms with Crippen molar-refractivity contribution in [3.63, 3.8) is 0 Å². The van der Waals surface area contributed by atoms with Crippen LogP contribution in [-0.4, -0.2) is 48.7 Å². The average Bonchev–Trinajstić information content (AvgIpc) is 3.98. The SMILES string of the molecule is COc1ccc(C(=O)C2=N/C(=C(/c3ccc(OC)cc3)c3ccc(-c4ccc(/C(=C5/C=CC(=O)N5)c5ccc(OC)cc5)[nH]4)[nH]3)C=C2)cc1. The molecule has 4 heterocycles. The molecule has 1 amide bonds. The van der Waals surface area contributed by atoms with E-state index in [1.165, 1.54) is 6.08 Å². The number of nitrogens with one attached hydrogen (secondary N) is 3. The third kappa shape index (κ3) is 6.25. The third-order valence-electron chi connectivity index (χ3n) is 8.37. The monoisotopic (exact) mass is 648 g/mol. The van der Waals surface area contributed by atoms with E-state index in [1.807, 2.05) is 78.9 Å². The molecule has 0 aliphatic carbocycles. The number of carbonyl (C=O) groups excluding carboxylic acids is 2. The van der Waals surface area contributed by atoms with E-state index in [2.05, 4.69) is 15.3 Å². The first kappa shape index (κ1) is 31.0. The Morgan fingerprint density at radius 3 is 1.53 bits per heavy atom. The van der Waals surface area contributed by atoms with Crippen LogP contribution in [0, 0.1) is 0 Å². The number of ketones is 1. The van der Waals surface area contributed by atoms with Crippen LogP contribution in [0.1, 0.15) is 32.9 Å². The smallest absolute Gasteiger partial charge is 0.248 e. The van der Waals surface area contributed by atoms with E-state index in [4.69, 9.17) is 19.2 Å². The van der Waals surface area contributed by atoms with Crippen LogP contribution in [0.15, 0.2) is 138 Å². The Labute approximate surface area is 283 Å². The van der Waals surface area contributed by atoms with Crippen LogP contribution in [-0.2, 0) is 4.79 Å². The van der Waals surface area contributed by atoms with Crippen molar-refractivity contribution in [2.45, 2.75) is 0 Å². The summed E-state index contributed by atoms with van der Waals surface area (Å²) in [7, 11) is 4.85. The molecule has 2 aliphatic rings. The highest BCUT2D eigenvalue weighted by molar-refractivity contribution is 6.50. The summed E-state index contributed by atoms with van der Waals surface area (Å²) in [5.74, 6) is 1.80. The molecule has 3 aromatic carbocycles. The Morgan fingerprint density at radius 1 is 0.551 bits per heavy atom. The summed E-state index contributed by atoms with van der Waals surface area (Å²) in [6.45, 7) is 0. The lowest BCUT2D eigenvalue weighted by molar-refractivity contribution is -0.115. The highest BCUT2D eigenvalue weighted by Crippen LogP contribution is 2.35. The molecule has 0 saturated carbocycles. The molecule has 2 aromatic heterocycles. The number of amides is 1. The minimum absolute atomic E-state index is 0.168. The van der Waals surface area contributed by atoms with E-state index in [9.17, 15) is 9.59 Å². The Balaban J connectivity index is 1.26. The molecule has 49 heavy (non-hydrogen) atoms. The summed E-state index contributed by atoms with van der Waals surface area (Å²) in [6.07, 6.45) is 6.91. The molecule has 2 aliphatic heterocycles. The number of hydrogen-bond donors (Lipinski definition) is 3. The number of ether oxygens (including phenoxy) is 3. The molecule has 242 valence electrons. The minimum atomic E-state index is -0.177. The molecule has 0 atom stereocenters. The number of rotatable bonds is 10. The first-order valence-corrected chi connectivity index (χ1v) is 15.5. The van der Waals surface area contributed by atoms with Crippen molar-refractivity contribution in [3.8, 4) is 28.6 Å². The lowest BCUT2D eigenvalue weighted by Crippen LogP contribution is -2.15. The van der Waals surface area contributed by atoms with Gasteiger partial charge in [-0.3, -0.25) is 9.59 Å². The molecule has 9 nitrogen and oxygen atoms in total. The maximum absolute atomic E-state index is 13.4. The van der Waals surface area contributed by atoms with Gasteiger partial charge in [-0.25, -0.2) is 4.99 Å². The van der Waals surface area contributed by atoms with Gasteiger partial charge in [-0.15, -0.1) is 0 Å². The van der Waals surface area contributed by atoms with E-state index in [1.54, 1.807) is 57.7 Å². The molecule has 0 unspecified atom stereocenters. The van der Waals surface area contributed by atoms with Gasteiger partial charge in [-0.1, -0.05) is 24.3 Å². The summed E-state index contributed by atoms with van der Waals surface area (Å²) < 4.78 is 16.0. The first-order chi connectivity index (χ1) is 23.9. The van der Waals surface area contributed by atoms with Crippen LogP contribution in [0.3, 0.4) is 0 Å². The van der Waals surface area contributed by atoms with Crippen LogP contribution >= 0.6 is 0 Å². The predicted molar refractivity (Wildman–Crippen MR) is 190 cm³/mol. The van der Waals surface area contributed by atoms with Gasteiger partial charge >= 0.3 is 0 Å². The summed E-state index contributed by atoms with van der Waals surface area (Å²) in [5.41, 5.74) is 9.06. The number of Topliss-reactive ketones (excluding diaryl/α,β-unsaturated/α-hetero) is 1. The lowest BCUT2D eigenvalue weighted by Gasteiger charge is -2.11. The number of allylic oxidation sites excluding steroid dienone is 3. The fraction of sp³-hybridized carbons (Fsp3) is 0.0750. The molecule has 0 fully saturated rings. The standard InChI is InChI=1S/C40H32N4O5/c1-47-27-10-4-24(5-11-27)38(34-20-21-36(43-34)40(46)26-8-14-29(49-3)15-9-26)32-18-16-30(41-32)31-17-19-33(42-31)39(35-22-23-37(45)44-35)25-6-12-28(48-2)13-7-25/h4-23,41-42H,1-3H3,(H,44,45)/b38-34-,39-35-. The summed E-state index contributed by atoms with van der Waals surface area (Å²) in [6, 6.07) is 30.4. The number of aliphatic imine (C=N–C) groups is 1. The summed E-state index contributed by atoms with van der Waals surface area (Å²) in [5, 5.41) is 2.94.